The summed E-state index contributed by atoms with van der Waals surface area (Å²) in [6, 6.07) is 6.65. The molecule has 1 aliphatic heterocycles. The van der Waals surface area contributed by atoms with Crippen molar-refractivity contribution in [2.24, 2.45) is 35.3 Å². The van der Waals surface area contributed by atoms with Crippen molar-refractivity contribution in [1.82, 2.24) is 4.90 Å². The van der Waals surface area contributed by atoms with Crippen molar-refractivity contribution in [3.8, 4) is 0 Å². The molecular formula is C22H27FN2O3. The predicted octanol–water partition coefficient (Wildman–Crippen LogP) is 1.82. The summed E-state index contributed by atoms with van der Waals surface area (Å²) >= 11 is 0. The Bertz CT molecular complexity index is 807. The fourth-order valence-electron chi connectivity index (χ4n) is 7.08. The monoisotopic (exact) mass is 386 g/mol. The van der Waals surface area contributed by atoms with E-state index < -0.39 is 6.10 Å². The zero-order chi connectivity index (χ0) is 19.6. The summed E-state index contributed by atoms with van der Waals surface area (Å²) in [4.78, 5) is 26.7. The normalized spacial score (nSPS) is 39.1. The lowest BCUT2D eigenvalue weighted by Gasteiger charge is -2.52. The average molecular weight is 386 g/mol. The van der Waals surface area contributed by atoms with Crippen molar-refractivity contribution in [3.05, 3.63) is 35.6 Å². The topological polar surface area (TPSA) is 83.6 Å². The number of aliphatic hydroxyl groups excluding tert-OH is 1. The van der Waals surface area contributed by atoms with Gasteiger partial charge in [0.05, 0.1) is 6.10 Å². The Labute approximate surface area is 164 Å². The first-order chi connectivity index (χ1) is 13.4. The number of nitrogens with two attached hydrogens (primary N) is 1. The van der Waals surface area contributed by atoms with Crippen LogP contribution >= 0.6 is 0 Å². The average Bonchev–Trinajstić information content (AvgIpc) is 3.22. The molecule has 3 saturated carbocycles. The molecule has 2 bridgehead atoms. The molecule has 1 aromatic rings. The van der Waals surface area contributed by atoms with Gasteiger partial charge in [0.2, 0.25) is 11.8 Å². The standard InChI is InChI=1S/C22H27FN2O3/c23-14-3-1-13(2-4-14)22(9-19(27)25-10-15(26)11-25)6-5-16-17-7-12(8-18(17)22)20(16)21(24)28/h1-4,12,15-18,20,26H,5-11H2,(H2,24,28). The van der Waals surface area contributed by atoms with E-state index in [9.17, 15) is 19.1 Å². The third kappa shape index (κ3) is 2.53. The molecule has 6 unspecified atom stereocenters. The Morgan fingerprint density at radius 2 is 1.89 bits per heavy atom. The van der Waals surface area contributed by atoms with Gasteiger partial charge in [0.1, 0.15) is 5.82 Å². The van der Waals surface area contributed by atoms with Crippen LogP contribution in [0.2, 0.25) is 0 Å². The van der Waals surface area contributed by atoms with E-state index in [4.69, 9.17) is 5.73 Å². The van der Waals surface area contributed by atoms with Gasteiger partial charge in [-0.15, -0.1) is 0 Å². The molecule has 0 aromatic heterocycles. The lowest BCUT2D eigenvalue weighted by atomic mass is 9.52. The highest BCUT2D eigenvalue weighted by Crippen LogP contribution is 2.66. The molecule has 4 fully saturated rings. The number of primary amides is 1. The van der Waals surface area contributed by atoms with Gasteiger partial charge < -0.3 is 15.7 Å². The van der Waals surface area contributed by atoms with Crippen LogP contribution in [-0.2, 0) is 15.0 Å². The second kappa shape index (κ2) is 6.28. The van der Waals surface area contributed by atoms with Gasteiger partial charge in [0.25, 0.3) is 0 Å². The van der Waals surface area contributed by atoms with Crippen LogP contribution in [0.25, 0.3) is 0 Å². The third-order valence-electron chi connectivity index (χ3n) is 8.23. The van der Waals surface area contributed by atoms with Gasteiger partial charge in [-0.1, -0.05) is 12.1 Å². The molecule has 4 aliphatic rings. The number of hydrogen-bond acceptors (Lipinski definition) is 3. The van der Waals surface area contributed by atoms with Gasteiger partial charge in [-0.25, -0.2) is 4.39 Å². The van der Waals surface area contributed by atoms with Crippen LogP contribution in [0.3, 0.4) is 0 Å². The summed E-state index contributed by atoms with van der Waals surface area (Å²) in [5.41, 5.74) is 6.43. The largest absolute Gasteiger partial charge is 0.389 e. The number of likely N-dealkylation sites (tertiary alicyclic amines) is 1. The highest BCUT2D eigenvalue weighted by molar-refractivity contribution is 5.80. The number of carbonyl (C=O) groups is 2. The van der Waals surface area contributed by atoms with Crippen LogP contribution in [-0.4, -0.2) is 41.0 Å². The maximum atomic E-state index is 13.6. The van der Waals surface area contributed by atoms with E-state index in [1.54, 1.807) is 4.90 Å². The number of fused-ring (bicyclic) bond motifs is 1. The Morgan fingerprint density at radius 1 is 1.18 bits per heavy atom. The molecule has 3 aliphatic carbocycles. The molecule has 1 saturated heterocycles. The van der Waals surface area contributed by atoms with Crippen molar-refractivity contribution in [2.45, 2.75) is 43.6 Å². The van der Waals surface area contributed by atoms with Gasteiger partial charge >= 0.3 is 0 Å². The number of nitrogens with zero attached hydrogens (tertiary/aromatic N) is 1. The number of halogens is 1. The SMILES string of the molecule is NC(=O)C1C2CC3C1CCC(CC(=O)N1CC(O)C1)(c1ccc(F)cc1)C3C2. The molecule has 6 heteroatoms. The summed E-state index contributed by atoms with van der Waals surface area (Å²) in [5, 5.41) is 9.58. The van der Waals surface area contributed by atoms with Crippen LogP contribution in [0.1, 0.15) is 37.7 Å². The zero-order valence-corrected chi connectivity index (χ0v) is 15.9. The maximum Gasteiger partial charge on any atom is 0.223 e. The fraction of sp³-hybridized carbons (Fsp3) is 0.636. The van der Waals surface area contributed by atoms with Gasteiger partial charge in [-0.2, -0.15) is 0 Å². The summed E-state index contributed by atoms with van der Waals surface area (Å²) in [6.07, 6.45) is 3.62. The lowest BCUT2D eigenvalue weighted by molar-refractivity contribution is -0.145. The molecule has 2 amide bonds. The maximum absolute atomic E-state index is 13.6. The summed E-state index contributed by atoms with van der Waals surface area (Å²) in [5.74, 6) is 0.997. The fourth-order valence-corrected chi connectivity index (χ4v) is 7.08. The van der Waals surface area contributed by atoms with Crippen LogP contribution < -0.4 is 5.73 Å². The first-order valence-corrected chi connectivity index (χ1v) is 10.4. The van der Waals surface area contributed by atoms with Crippen molar-refractivity contribution < 1.29 is 19.1 Å². The molecule has 6 atom stereocenters. The zero-order valence-electron chi connectivity index (χ0n) is 15.9. The summed E-state index contributed by atoms with van der Waals surface area (Å²) in [6.45, 7) is 0.808. The van der Waals surface area contributed by atoms with Gasteiger partial charge in [0.15, 0.2) is 0 Å². The number of β-amino-alcohol motifs (C(OH)–C–C–N with tert-alkyl or cyclic N) is 1. The molecule has 5 rings (SSSR count). The van der Waals surface area contributed by atoms with E-state index in [1.165, 1.54) is 12.1 Å². The number of amides is 2. The molecule has 1 heterocycles. The van der Waals surface area contributed by atoms with Crippen molar-refractivity contribution >= 4 is 11.8 Å². The van der Waals surface area contributed by atoms with Crippen molar-refractivity contribution in [3.63, 3.8) is 0 Å². The first kappa shape index (κ1) is 18.1. The van der Waals surface area contributed by atoms with E-state index in [1.807, 2.05) is 12.1 Å². The van der Waals surface area contributed by atoms with Gasteiger partial charge in [-0.05, 0) is 67.1 Å². The molecule has 3 N–H and O–H groups in total. The minimum Gasteiger partial charge on any atom is -0.389 e. The third-order valence-corrected chi connectivity index (χ3v) is 8.23. The van der Waals surface area contributed by atoms with Crippen LogP contribution in [0.5, 0.6) is 0 Å². The minimum absolute atomic E-state index is 0.0197. The van der Waals surface area contributed by atoms with E-state index in [0.29, 0.717) is 43.2 Å². The molecule has 0 radical (unpaired) electrons. The smallest absolute Gasteiger partial charge is 0.223 e. The Kier molecular flexibility index (Phi) is 4.06. The quantitative estimate of drug-likeness (QED) is 0.828. The predicted molar refractivity (Wildman–Crippen MR) is 100 cm³/mol. The summed E-state index contributed by atoms with van der Waals surface area (Å²) in [7, 11) is 0. The lowest BCUT2D eigenvalue weighted by Crippen LogP contribution is -2.57. The molecule has 1 aromatic carbocycles. The Balaban J connectivity index is 1.49. The number of aliphatic hydroxyl groups is 1. The highest BCUT2D eigenvalue weighted by atomic mass is 19.1. The van der Waals surface area contributed by atoms with Crippen molar-refractivity contribution in [2.75, 3.05) is 13.1 Å². The molecule has 28 heavy (non-hydrogen) atoms. The number of benzene rings is 1. The second-order valence-corrected chi connectivity index (χ2v) is 9.42. The number of hydrogen-bond donors (Lipinski definition) is 2. The van der Waals surface area contributed by atoms with Gasteiger partial charge in [0, 0.05) is 30.8 Å². The molecule has 5 nitrogen and oxygen atoms in total. The molecule has 150 valence electrons. The van der Waals surface area contributed by atoms with Crippen LogP contribution in [0.4, 0.5) is 4.39 Å². The Morgan fingerprint density at radius 3 is 2.54 bits per heavy atom. The first-order valence-electron chi connectivity index (χ1n) is 10.4. The van der Waals surface area contributed by atoms with Gasteiger partial charge in [-0.3, -0.25) is 9.59 Å². The van der Waals surface area contributed by atoms with E-state index in [-0.39, 0.29) is 29.0 Å². The minimum atomic E-state index is -0.416. The highest BCUT2D eigenvalue weighted by Gasteiger charge is 2.63. The number of rotatable bonds is 4. The molecular weight excluding hydrogens is 359 g/mol. The van der Waals surface area contributed by atoms with E-state index in [2.05, 4.69) is 0 Å². The van der Waals surface area contributed by atoms with Crippen LogP contribution in [0, 0.1) is 35.4 Å². The van der Waals surface area contributed by atoms with E-state index in [0.717, 1.165) is 31.2 Å². The number of carbonyl (C=O) groups excluding carboxylic acids is 2. The van der Waals surface area contributed by atoms with Crippen LogP contribution in [0.15, 0.2) is 24.3 Å². The van der Waals surface area contributed by atoms with E-state index >= 15 is 0 Å². The van der Waals surface area contributed by atoms with Crippen molar-refractivity contribution in [1.29, 1.82) is 0 Å². The summed E-state index contributed by atoms with van der Waals surface area (Å²) < 4.78 is 13.6. The second-order valence-electron chi connectivity index (χ2n) is 9.42. The Hall–Kier alpha value is -1.95. The molecule has 0 spiro atoms.